The van der Waals surface area contributed by atoms with Gasteiger partial charge in [0.1, 0.15) is 12.2 Å². The Labute approximate surface area is 170 Å². The molecule has 1 aliphatic rings. The average Bonchev–Trinajstić information content (AvgIpc) is 3.29. The molecule has 3 aromatic heterocycles. The van der Waals surface area contributed by atoms with Crippen molar-refractivity contribution in [2.45, 2.75) is 31.4 Å². The van der Waals surface area contributed by atoms with E-state index in [0.717, 1.165) is 42.1 Å². The molecule has 5 rings (SSSR count). The van der Waals surface area contributed by atoms with Gasteiger partial charge in [0.15, 0.2) is 5.65 Å². The van der Waals surface area contributed by atoms with Crippen molar-refractivity contribution in [3.8, 4) is 11.3 Å². The quantitative estimate of drug-likeness (QED) is 0.527. The van der Waals surface area contributed by atoms with Crippen molar-refractivity contribution in [1.82, 2.24) is 29.9 Å². The lowest BCUT2D eigenvalue weighted by atomic mass is 9.72. The molecular weight excluding hydrogens is 393 g/mol. The number of aryl methyl sites for hydroxylation is 1. The third kappa shape index (κ3) is 3.14. The third-order valence-corrected chi connectivity index (χ3v) is 5.92. The second kappa shape index (κ2) is 6.93. The first-order valence-corrected chi connectivity index (χ1v) is 9.77. The van der Waals surface area contributed by atoms with Crippen molar-refractivity contribution in [3.63, 3.8) is 0 Å². The van der Waals surface area contributed by atoms with Crippen LogP contribution in [0.5, 0.6) is 0 Å². The molecule has 0 amide bonds. The van der Waals surface area contributed by atoms with E-state index in [1.54, 1.807) is 6.33 Å². The van der Waals surface area contributed by atoms with Crippen LogP contribution in [0.1, 0.15) is 42.1 Å². The number of rotatable bonds is 4. The zero-order valence-corrected chi connectivity index (χ0v) is 16.2. The number of hydrogen-bond donors (Lipinski definition) is 1. The van der Waals surface area contributed by atoms with Gasteiger partial charge in [-0.2, -0.15) is 18.3 Å². The molecule has 0 bridgehead atoms. The maximum atomic E-state index is 13.2. The van der Waals surface area contributed by atoms with Crippen LogP contribution in [0.4, 0.5) is 13.2 Å². The molecule has 1 aromatic carbocycles. The van der Waals surface area contributed by atoms with Gasteiger partial charge in [0.2, 0.25) is 0 Å². The van der Waals surface area contributed by atoms with Crippen LogP contribution in [-0.4, -0.2) is 29.9 Å². The molecule has 0 aliphatic heterocycles. The highest BCUT2D eigenvalue weighted by molar-refractivity contribution is 5.91. The molecule has 0 spiro atoms. The monoisotopic (exact) mass is 412 g/mol. The zero-order chi connectivity index (χ0) is 20.9. The summed E-state index contributed by atoms with van der Waals surface area (Å²) in [6, 6.07) is 8.93. The standard InChI is InChI=1S/C21H19F3N6/c1-30-11-26-29-20(30)17(12-4-2-5-12)13-6-3-7-14(8-13)18-16-9-15(21(22,23)24)10-25-19(16)28-27-18/h3,6-12,17H,2,4-5H2,1H3,(H,25,27,28)/t17-/m1/s1. The highest BCUT2D eigenvalue weighted by Crippen LogP contribution is 2.43. The molecule has 0 radical (unpaired) electrons. The van der Waals surface area contributed by atoms with Gasteiger partial charge in [-0.05, 0) is 36.5 Å². The molecule has 4 aromatic rings. The summed E-state index contributed by atoms with van der Waals surface area (Å²) in [6.45, 7) is 0. The van der Waals surface area contributed by atoms with Crippen molar-refractivity contribution >= 4 is 11.0 Å². The van der Waals surface area contributed by atoms with Crippen LogP contribution in [0.25, 0.3) is 22.3 Å². The molecule has 1 saturated carbocycles. The minimum atomic E-state index is -4.46. The number of aromatic nitrogens is 6. The molecule has 0 unspecified atom stereocenters. The van der Waals surface area contributed by atoms with E-state index in [1.807, 2.05) is 35.9 Å². The number of nitrogens with one attached hydrogen (secondary N) is 1. The number of H-pyrrole nitrogens is 1. The van der Waals surface area contributed by atoms with Gasteiger partial charge in [-0.25, -0.2) is 4.98 Å². The van der Waals surface area contributed by atoms with Crippen LogP contribution < -0.4 is 0 Å². The number of nitrogens with zero attached hydrogens (tertiary/aromatic N) is 5. The molecule has 9 heteroatoms. The van der Waals surface area contributed by atoms with E-state index in [1.165, 1.54) is 6.42 Å². The lowest BCUT2D eigenvalue weighted by Gasteiger charge is -2.33. The molecule has 30 heavy (non-hydrogen) atoms. The molecular formula is C21H19F3N6. The number of benzene rings is 1. The van der Waals surface area contributed by atoms with Crippen LogP contribution >= 0.6 is 0 Å². The summed E-state index contributed by atoms with van der Waals surface area (Å²) in [5, 5.41) is 15.7. The van der Waals surface area contributed by atoms with Gasteiger partial charge in [-0.3, -0.25) is 5.10 Å². The van der Waals surface area contributed by atoms with Crippen molar-refractivity contribution in [2.24, 2.45) is 13.0 Å². The highest BCUT2D eigenvalue weighted by atomic mass is 19.4. The average molecular weight is 412 g/mol. The predicted octanol–water partition coefficient (Wildman–Crippen LogP) is 4.70. The van der Waals surface area contributed by atoms with Crippen molar-refractivity contribution in [3.05, 3.63) is 59.8 Å². The normalized spacial score (nSPS) is 16.0. The molecule has 1 fully saturated rings. The Morgan fingerprint density at radius 1 is 1.20 bits per heavy atom. The Bertz CT molecular complexity index is 1200. The van der Waals surface area contributed by atoms with Gasteiger partial charge in [0.25, 0.3) is 0 Å². The lowest BCUT2D eigenvalue weighted by molar-refractivity contribution is -0.137. The Kier molecular flexibility index (Phi) is 4.34. The fraction of sp³-hybridized carbons (Fsp3) is 0.333. The van der Waals surface area contributed by atoms with E-state index < -0.39 is 11.7 Å². The second-order valence-electron chi connectivity index (χ2n) is 7.79. The topological polar surface area (TPSA) is 72.3 Å². The SMILES string of the molecule is Cn1cnnc1[C@@H](c1cccc(-c2[nH]nc3ncc(C(F)(F)F)cc23)c1)C1CCC1. The lowest BCUT2D eigenvalue weighted by Crippen LogP contribution is -2.24. The third-order valence-electron chi connectivity index (χ3n) is 5.92. The molecule has 1 aliphatic carbocycles. The summed E-state index contributed by atoms with van der Waals surface area (Å²) in [7, 11) is 1.93. The van der Waals surface area contributed by atoms with E-state index in [2.05, 4.69) is 25.4 Å². The minimum absolute atomic E-state index is 0.0873. The van der Waals surface area contributed by atoms with Crippen molar-refractivity contribution in [2.75, 3.05) is 0 Å². The van der Waals surface area contributed by atoms with Gasteiger partial charge >= 0.3 is 6.18 Å². The number of hydrogen-bond acceptors (Lipinski definition) is 4. The largest absolute Gasteiger partial charge is 0.417 e. The minimum Gasteiger partial charge on any atom is -0.320 e. The Balaban J connectivity index is 1.60. The van der Waals surface area contributed by atoms with E-state index >= 15 is 0 Å². The van der Waals surface area contributed by atoms with Gasteiger partial charge in [0.05, 0.1) is 11.3 Å². The number of alkyl halides is 3. The first-order valence-electron chi connectivity index (χ1n) is 9.77. The van der Waals surface area contributed by atoms with Gasteiger partial charge < -0.3 is 4.57 Å². The predicted molar refractivity (Wildman–Crippen MR) is 105 cm³/mol. The maximum Gasteiger partial charge on any atom is 0.417 e. The fourth-order valence-electron chi connectivity index (χ4n) is 4.14. The van der Waals surface area contributed by atoms with Crippen LogP contribution in [-0.2, 0) is 13.2 Å². The Morgan fingerprint density at radius 2 is 2.03 bits per heavy atom. The number of fused-ring (bicyclic) bond motifs is 1. The number of pyridine rings is 1. The summed E-state index contributed by atoms with van der Waals surface area (Å²) in [5.74, 6) is 1.46. The molecule has 6 nitrogen and oxygen atoms in total. The molecule has 1 N–H and O–H groups in total. The van der Waals surface area contributed by atoms with Gasteiger partial charge in [0, 0.05) is 30.1 Å². The Morgan fingerprint density at radius 3 is 2.70 bits per heavy atom. The van der Waals surface area contributed by atoms with Crippen molar-refractivity contribution < 1.29 is 13.2 Å². The maximum absolute atomic E-state index is 13.2. The van der Waals surface area contributed by atoms with Crippen molar-refractivity contribution in [1.29, 1.82) is 0 Å². The Hall–Kier alpha value is -3.23. The van der Waals surface area contributed by atoms with Crippen LogP contribution in [0.3, 0.4) is 0 Å². The summed E-state index contributed by atoms with van der Waals surface area (Å²) in [6.07, 6.45) is 1.47. The first kappa shape index (κ1) is 18.8. The van der Waals surface area contributed by atoms with E-state index in [9.17, 15) is 13.2 Å². The second-order valence-corrected chi connectivity index (χ2v) is 7.79. The molecule has 3 heterocycles. The van der Waals surface area contributed by atoms with Crippen LogP contribution in [0.2, 0.25) is 0 Å². The zero-order valence-electron chi connectivity index (χ0n) is 16.2. The number of halogens is 3. The summed E-state index contributed by atoms with van der Waals surface area (Å²) >= 11 is 0. The number of aromatic amines is 1. The molecule has 154 valence electrons. The van der Waals surface area contributed by atoms with E-state index in [0.29, 0.717) is 17.0 Å². The summed E-state index contributed by atoms with van der Waals surface area (Å²) in [5.41, 5.74) is 1.82. The first-order chi connectivity index (χ1) is 14.4. The molecule has 0 saturated heterocycles. The van der Waals surface area contributed by atoms with Gasteiger partial charge in [-0.1, -0.05) is 24.6 Å². The van der Waals surface area contributed by atoms with Gasteiger partial charge in [-0.15, -0.1) is 10.2 Å². The smallest absolute Gasteiger partial charge is 0.320 e. The highest BCUT2D eigenvalue weighted by Gasteiger charge is 2.34. The van der Waals surface area contributed by atoms with Crippen LogP contribution in [0.15, 0.2) is 42.9 Å². The summed E-state index contributed by atoms with van der Waals surface area (Å²) in [4.78, 5) is 3.87. The van der Waals surface area contributed by atoms with Crippen LogP contribution in [0, 0.1) is 5.92 Å². The van der Waals surface area contributed by atoms with E-state index in [4.69, 9.17) is 0 Å². The van der Waals surface area contributed by atoms with E-state index in [-0.39, 0.29) is 11.6 Å². The molecule has 1 atom stereocenters. The summed E-state index contributed by atoms with van der Waals surface area (Å²) < 4.78 is 41.4. The fourth-order valence-corrected chi connectivity index (χ4v) is 4.14.